The van der Waals surface area contributed by atoms with Crippen LogP contribution < -0.4 is 24.2 Å². The molecule has 27 heavy (non-hydrogen) atoms. The van der Waals surface area contributed by atoms with Crippen molar-refractivity contribution in [3.05, 3.63) is 74.0 Å². The number of anilines is 1. The van der Waals surface area contributed by atoms with E-state index in [2.05, 4.69) is 5.32 Å². The van der Waals surface area contributed by atoms with Gasteiger partial charge in [0.1, 0.15) is 0 Å². The first-order valence-electron chi connectivity index (χ1n) is 7.24. The molecule has 4 nitrogen and oxygen atoms in total. The van der Waals surface area contributed by atoms with Gasteiger partial charge in [0.15, 0.2) is 0 Å². The molecule has 0 aliphatic rings. The Morgan fingerprint density at radius 3 is 2.30 bits per heavy atom. The van der Waals surface area contributed by atoms with Gasteiger partial charge in [-0.15, -0.1) is 11.3 Å². The molecule has 3 rings (SSSR count). The molecule has 0 atom stereocenters. The molecule has 0 aliphatic carbocycles. The summed E-state index contributed by atoms with van der Waals surface area (Å²) in [7, 11) is 0. The SMILES string of the molecule is O=C(Nc1ccc(-c2ccc(Cl)s2)cc1C(=O)O)c1ccc(Cl)cc1Cl.[H-].[Li+]. The Balaban J connectivity index is 0.00000196. The minimum Gasteiger partial charge on any atom is -1.00 e. The molecule has 134 valence electrons. The summed E-state index contributed by atoms with van der Waals surface area (Å²) < 4.78 is 0.603. The fourth-order valence-electron chi connectivity index (χ4n) is 2.32. The largest absolute Gasteiger partial charge is 1.00 e. The molecular weight excluding hydrogens is 424 g/mol. The van der Waals surface area contributed by atoms with E-state index in [-0.39, 0.29) is 42.1 Å². The number of nitrogens with one attached hydrogen (secondary N) is 1. The van der Waals surface area contributed by atoms with Crippen LogP contribution in [0.15, 0.2) is 48.5 Å². The van der Waals surface area contributed by atoms with Crippen LogP contribution in [0.1, 0.15) is 22.1 Å². The van der Waals surface area contributed by atoms with Gasteiger partial charge in [0, 0.05) is 9.90 Å². The Morgan fingerprint density at radius 2 is 1.70 bits per heavy atom. The first kappa shape index (κ1) is 21.8. The summed E-state index contributed by atoms with van der Waals surface area (Å²) in [6.07, 6.45) is 0. The Kier molecular flexibility index (Phi) is 7.41. The average Bonchev–Trinajstić information content (AvgIpc) is 3.01. The van der Waals surface area contributed by atoms with Crippen LogP contribution >= 0.6 is 46.1 Å². The minimum atomic E-state index is -1.16. The number of thiophene rings is 1. The molecule has 1 amide bonds. The number of amides is 1. The van der Waals surface area contributed by atoms with E-state index in [0.29, 0.717) is 14.9 Å². The Labute approximate surface area is 187 Å². The van der Waals surface area contributed by atoms with E-state index in [1.54, 1.807) is 18.2 Å². The maximum atomic E-state index is 12.4. The monoisotopic (exact) mass is 433 g/mol. The normalized spacial score (nSPS) is 10.2. The molecule has 0 radical (unpaired) electrons. The van der Waals surface area contributed by atoms with Crippen LogP contribution in [0.4, 0.5) is 5.69 Å². The van der Waals surface area contributed by atoms with Gasteiger partial charge in [0.2, 0.25) is 0 Å². The third-order valence-corrected chi connectivity index (χ3v) is 5.36. The van der Waals surface area contributed by atoms with Gasteiger partial charge in [0.25, 0.3) is 5.91 Å². The smallest absolute Gasteiger partial charge is 1.00 e. The maximum absolute atomic E-state index is 12.4. The van der Waals surface area contributed by atoms with Crippen LogP contribution in [-0.2, 0) is 0 Å². The van der Waals surface area contributed by atoms with E-state index in [0.717, 1.165) is 4.88 Å². The number of hydrogen-bond acceptors (Lipinski definition) is 3. The molecule has 1 heterocycles. The zero-order valence-electron chi connectivity index (χ0n) is 14.9. The molecule has 0 spiro atoms. The third kappa shape index (κ3) is 5.08. The van der Waals surface area contributed by atoms with Crippen molar-refractivity contribution in [2.75, 3.05) is 5.32 Å². The van der Waals surface area contributed by atoms with Crippen LogP contribution in [0.5, 0.6) is 0 Å². The van der Waals surface area contributed by atoms with E-state index < -0.39 is 11.9 Å². The topological polar surface area (TPSA) is 66.4 Å². The average molecular weight is 435 g/mol. The van der Waals surface area contributed by atoms with Crippen LogP contribution in [0.3, 0.4) is 0 Å². The zero-order valence-corrected chi connectivity index (χ0v) is 17.0. The van der Waals surface area contributed by atoms with Crippen LogP contribution in [0.25, 0.3) is 10.4 Å². The number of carboxylic acid groups (broad SMARTS) is 1. The number of benzene rings is 2. The van der Waals surface area contributed by atoms with Gasteiger partial charge in [-0.05, 0) is 48.0 Å². The molecular formula is C18H11Cl3LiNO3S. The molecule has 2 aromatic carbocycles. The molecule has 1 aromatic heterocycles. The zero-order chi connectivity index (χ0) is 18.8. The van der Waals surface area contributed by atoms with E-state index in [1.165, 1.54) is 41.7 Å². The number of carbonyl (C=O) groups is 2. The van der Waals surface area contributed by atoms with Crippen LogP contribution in [0, 0.1) is 0 Å². The predicted molar refractivity (Wildman–Crippen MR) is 107 cm³/mol. The van der Waals surface area contributed by atoms with E-state index >= 15 is 0 Å². The molecule has 0 saturated carbocycles. The van der Waals surface area contributed by atoms with Gasteiger partial charge in [0.05, 0.1) is 26.2 Å². The van der Waals surface area contributed by atoms with Crippen molar-refractivity contribution >= 4 is 63.7 Å². The summed E-state index contributed by atoms with van der Waals surface area (Å²) in [6, 6.07) is 12.7. The van der Waals surface area contributed by atoms with E-state index in [4.69, 9.17) is 34.8 Å². The van der Waals surface area contributed by atoms with E-state index in [1.807, 2.05) is 0 Å². The Hall–Kier alpha value is -1.45. The van der Waals surface area contributed by atoms with Crippen molar-refractivity contribution in [2.24, 2.45) is 0 Å². The molecule has 0 unspecified atom stereocenters. The predicted octanol–water partition coefficient (Wildman–Crippen LogP) is 3.44. The molecule has 0 saturated heterocycles. The summed E-state index contributed by atoms with van der Waals surface area (Å²) in [6.45, 7) is 0. The van der Waals surface area contributed by atoms with Crippen LogP contribution in [0.2, 0.25) is 14.4 Å². The summed E-state index contributed by atoms with van der Waals surface area (Å²) in [5.41, 5.74) is 1.02. The number of carboxylic acids is 1. The van der Waals surface area contributed by atoms with Gasteiger partial charge < -0.3 is 11.8 Å². The molecule has 0 aliphatic heterocycles. The first-order chi connectivity index (χ1) is 12.3. The molecule has 3 aromatic rings. The molecule has 9 heteroatoms. The number of hydrogen-bond donors (Lipinski definition) is 2. The number of carbonyl (C=O) groups excluding carboxylic acids is 1. The van der Waals surface area contributed by atoms with Gasteiger partial charge in [-0.25, -0.2) is 4.79 Å². The van der Waals surface area contributed by atoms with Crippen molar-refractivity contribution in [2.45, 2.75) is 0 Å². The fraction of sp³-hybridized carbons (Fsp3) is 0. The van der Waals surface area contributed by atoms with Crippen molar-refractivity contribution in [1.29, 1.82) is 0 Å². The number of rotatable bonds is 4. The second-order valence-corrected chi connectivity index (χ2v) is 7.81. The molecule has 2 N–H and O–H groups in total. The molecule has 0 bridgehead atoms. The van der Waals surface area contributed by atoms with Gasteiger partial charge >= 0.3 is 24.8 Å². The quantitative estimate of drug-likeness (QED) is 0.618. The summed E-state index contributed by atoms with van der Waals surface area (Å²) in [5, 5.41) is 12.7. The van der Waals surface area contributed by atoms with E-state index in [9.17, 15) is 14.7 Å². The van der Waals surface area contributed by atoms with Gasteiger partial charge in [-0.3, -0.25) is 4.79 Å². The van der Waals surface area contributed by atoms with Crippen LogP contribution in [-0.4, -0.2) is 17.0 Å². The Morgan fingerprint density at radius 1 is 0.963 bits per heavy atom. The molecule has 0 fully saturated rings. The van der Waals surface area contributed by atoms with Gasteiger partial charge in [-0.1, -0.05) is 40.9 Å². The van der Waals surface area contributed by atoms with Crippen molar-refractivity contribution in [3.8, 4) is 10.4 Å². The fourth-order valence-corrected chi connectivity index (χ4v) is 3.85. The number of halogens is 3. The number of aromatic carboxylic acids is 1. The Bertz CT molecular complexity index is 1030. The second kappa shape index (κ2) is 9.16. The third-order valence-electron chi connectivity index (χ3n) is 3.53. The van der Waals surface area contributed by atoms with Gasteiger partial charge in [-0.2, -0.15) is 0 Å². The van der Waals surface area contributed by atoms with Crippen molar-refractivity contribution in [1.82, 2.24) is 0 Å². The summed E-state index contributed by atoms with van der Waals surface area (Å²) in [5.74, 6) is -1.69. The van der Waals surface area contributed by atoms with Crippen molar-refractivity contribution in [3.63, 3.8) is 0 Å². The summed E-state index contributed by atoms with van der Waals surface area (Å²) in [4.78, 5) is 24.9. The summed E-state index contributed by atoms with van der Waals surface area (Å²) >= 11 is 19.1. The maximum Gasteiger partial charge on any atom is 1.00 e. The standard InChI is InChI=1S/C18H10Cl3NO3S.Li.H/c19-10-2-3-11(13(20)8-10)17(23)22-14-4-1-9(7-12(14)18(24)25)15-5-6-16(21)26-15;;/h1-8H,(H,22,23)(H,24,25);;/q;+1;-1. The minimum absolute atomic E-state index is 0. The second-order valence-electron chi connectivity index (χ2n) is 5.25. The first-order valence-corrected chi connectivity index (χ1v) is 9.19. The van der Waals surface area contributed by atoms with Crippen molar-refractivity contribution < 1.29 is 35.0 Å².